The van der Waals surface area contributed by atoms with Crippen LogP contribution in [0.3, 0.4) is 0 Å². The lowest BCUT2D eigenvalue weighted by Gasteiger charge is -2.35. The zero-order valence-electron chi connectivity index (χ0n) is 15.3. The molecule has 6 heteroatoms. The molecule has 1 atom stereocenters. The minimum Gasteiger partial charge on any atom is -0.387 e. The Morgan fingerprint density at radius 1 is 1.00 bits per heavy atom. The zero-order valence-corrected chi connectivity index (χ0v) is 16.1. The van der Waals surface area contributed by atoms with E-state index in [-0.39, 0.29) is 0 Å². The average molecular weight is 375 g/mol. The molecule has 140 valence electrons. The van der Waals surface area contributed by atoms with E-state index in [1.165, 1.54) is 0 Å². The number of benzene rings is 2. The summed E-state index contributed by atoms with van der Waals surface area (Å²) >= 11 is 0. The average Bonchev–Trinajstić information content (AvgIpc) is 2.65. The summed E-state index contributed by atoms with van der Waals surface area (Å²) in [4.78, 5) is 2.52. The molecule has 0 saturated carbocycles. The van der Waals surface area contributed by atoms with Crippen molar-refractivity contribution in [2.45, 2.75) is 24.8 Å². The van der Waals surface area contributed by atoms with E-state index in [0.717, 1.165) is 16.7 Å². The van der Waals surface area contributed by atoms with Gasteiger partial charge in [-0.25, -0.2) is 8.42 Å². The van der Waals surface area contributed by atoms with Gasteiger partial charge in [0.2, 0.25) is 10.0 Å². The lowest BCUT2D eigenvalue weighted by atomic mass is 10.1. The third kappa shape index (κ3) is 4.15. The van der Waals surface area contributed by atoms with E-state index >= 15 is 0 Å². The van der Waals surface area contributed by atoms with E-state index in [1.807, 2.05) is 56.3 Å². The predicted molar refractivity (Wildman–Crippen MR) is 103 cm³/mol. The van der Waals surface area contributed by atoms with Gasteiger partial charge in [-0.05, 0) is 36.6 Å². The number of β-amino-alcohol motifs (C(OH)–C–C–N with tert-alkyl or cyclic N) is 1. The second-order valence-electron chi connectivity index (χ2n) is 6.90. The molecule has 5 nitrogen and oxygen atoms in total. The van der Waals surface area contributed by atoms with E-state index in [1.54, 1.807) is 10.4 Å². The minimum atomic E-state index is -3.48. The lowest BCUT2D eigenvalue weighted by molar-refractivity contribution is 0.0921. The summed E-state index contributed by atoms with van der Waals surface area (Å²) in [6.45, 7) is 6.37. The van der Waals surface area contributed by atoms with E-state index in [2.05, 4.69) is 4.90 Å². The van der Waals surface area contributed by atoms with Crippen molar-refractivity contribution in [3.05, 3.63) is 65.2 Å². The van der Waals surface area contributed by atoms with Gasteiger partial charge in [0, 0.05) is 32.7 Å². The third-order valence-corrected chi connectivity index (χ3v) is 6.95. The van der Waals surface area contributed by atoms with Crippen molar-refractivity contribution >= 4 is 10.0 Å². The first kappa shape index (κ1) is 19.0. The highest BCUT2D eigenvalue weighted by Crippen LogP contribution is 2.23. The Morgan fingerprint density at radius 3 is 2.31 bits per heavy atom. The largest absolute Gasteiger partial charge is 0.387 e. The molecule has 0 radical (unpaired) electrons. The number of hydrogen-bond donors (Lipinski definition) is 1. The number of aliphatic hydroxyl groups is 1. The number of piperazine rings is 1. The van der Waals surface area contributed by atoms with Crippen LogP contribution in [-0.2, 0) is 10.0 Å². The highest BCUT2D eigenvalue weighted by Gasteiger charge is 2.30. The maximum Gasteiger partial charge on any atom is 0.243 e. The van der Waals surface area contributed by atoms with Crippen LogP contribution in [0.15, 0.2) is 53.4 Å². The van der Waals surface area contributed by atoms with Crippen molar-refractivity contribution in [2.75, 3.05) is 32.7 Å². The highest BCUT2D eigenvalue weighted by molar-refractivity contribution is 7.89. The summed E-state index contributed by atoms with van der Waals surface area (Å²) in [5, 5.41) is 10.4. The van der Waals surface area contributed by atoms with Crippen LogP contribution in [0, 0.1) is 13.8 Å². The highest BCUT2D eigenvalue weighted by atomic mass is 32.2. The smallest absolute Gasteiger partial charge is 0.243 e. The van der Waals surface area contributed by atoms with Crippen molar-refractivity contribution in [1.29, 1.82) is 0 Å². The van der Waals surface area contributed by atoms with Crippen LogP contribution < -0.4 is 0 Å². The lowest BCUT2D eigenvalue weighted by Crippen LogP contribution is -2.49. The molecule has 1 N–H and O–H groups in total. The molecule has 2 aromatic carbocycles. The molecule has 1 unspecified atom stereocenters. The Kier molecular flexibility index (Phi) is 5.77. The van der Waals surface area contributed by atoms with E-state index in [4.69, 9.17) is 0 Å². The molecule has 0 aromatic heterocycles. The fourth-order valence-corrected chi connectivity index (χ4v) is 5.03. The Labute approximate surface area is 155 Å². The third-order valence-electron chi connectivity index (χ3n) is 4.91. The fraction of sp³-hybridized carbons (Fsp3) is 0.400. The molecular weight excluding hydrogens is 348 g/mol. The van der Waals surface area contributed by atoms with Gasteiger partial charge in [0.1, 0.15) is 0 Å². The van der Waals surface area contributed by atoms with Gasteiger partial charge in [-0.15, -0.1) is 0 Å². The second kappa shape index (κ2) is 7.88. The summed E-state index contributed by atoms with van der Waals surface area (Å²) in [7, 11) is -3.48. The van der Waals surface area contributed by atoms with Crippen LogP contribution in [0.4, 0.5) is 0 Å². The first-order chi connectivity index (χ1) is 12.4. The van der Waals surface area contributed by atoms with Gasteiger partial charge in [0.05, 0.1) is 11.0 Å². The van der Waals surface area contributed by atoms with E-state index in [9.17, 15) is 13.5 Å². The normalized spacial score (nSPS) is 18.0. The minimum absolute atomic E-state index is 0.398. The molecule has 1 heterocycles. The van der Waals surface area contributed by atoms with E-state index < -0.39 is 16.1 Å². The molecule has 26 heavy (non-hydrogen) atoms. The van der Waals surface area contributed by atoms with Gasteiger partial charge in [0.25, 0.3) is 0 Å². The Balaban J connectivity index is 1.64. The maximum absolute atomic E-state index is 13.0. The monoisotopic (exact) mass is 374 g/mol. The van der Waals surface area contributed by atoms with Gasteiger partial charge in [-0.3, -0.25) is 4.90 Å². The van der Waals surface area contributed by atoms with Crippen molar-refractivity contribution in [3.8, 4) is 0 Å². The molecule has 2 aromatic rings. The predicted octanol–water partition coefficient (Wildman–Crippen LogP) is 2.34. The molecule has 0 aliphatic carbocycles. The van der Waals surface area contributed by atoms with Crippen LogP contribution >= 0.6 is 0 Å². The van der Waals surface area contributed by atoms with Crippen LogP contribution in [0.1, 0.15) is 22.8 Å². The number of hydrogen-bond acceptors (Lipinski definition) is 4. The molecule has 1 aliphatic heterocycles. The van der Waals surface area contributed by atoms with Gasteiger partial charge >= 0.3 is 0 Å². The summed E-state index contributed by atoms with van der Waals surface area (Å²) < 4.78 is 27.5. The van der Waals surface area contributed by atoms with E-state index in [0.29, 0.717) is 37.6 Å². The maximum atomic E-state index is 13.0. The number of aliphatic hydroxyl groups excluding tert-OH is 1. The Bertz CT molecular complexity index is 845. The molecule has 0 bridgehead atoms. The standard InChI is InChI=1S/C20H26N2O3S/c1-16-8-9-17(2)20(14-16)26(24,25)22-12-10-21(11-13-22)15-19(23)18-6-4-3-5-7-18/h3-9,14,19,23H,10-13,15H2,1-2H3. The number of nitrogens with zero attached hydrogens (tertiary/aromatic N) is 2. The molecule has 1 fully saturated rings. The molecule has 0 amide bonds. The summed E-state index contributed by atoms with van der Waals surface area (Å²) in [5.74, 6) is 0. The zero-order chi connectivity index (χ0) is 18.7. The topological polar surface area (TPSA) is 60.9 Å². The second-order valence-corrected chi connectivity index (χ2v) is 8.81. The Morgan fingerprint density at radius 2 is 1.65 bits per heavy atom. The van der Waals surface area contributed by atoms with Crippen LogP contribution in [0.5, 0.6) is 0 Å². The summed E-state index contributed by atoms with van der Waals surface area (Å²) in [6, 6.07) is 15.1. The van der Waals surface area contributed by atoms with Gasteiger partial charge in [-0.2, -0.15) is 4.31 Å². The van der Waals surface area contributed by atoms with Crippen LogP contribution in [-0.4, -0.2) is 55.5 Å². The van der Waals surface area contributed by atoms with Crippen molar-refractivity contribution in [1.82, 2.24) is 9.21 Å². The van der Waals surface area contributed by atoms with Gasteiger partial charge < -0.3 is 5.11 Å². The van der Waals surface area contributed by atoms with Gasteiger partial charge in [0.15, 0.2) is 0 Å². The Hall–Kier alpha value is -1.73. The number of rotatable bonds is 5. The van der Waals surface area contributed by atoms with Crippen LogP contribution in [0.25, 0.3) is 0 Å². The van der Waals surface area contributed by atoms with Crippen LogP contribution in [0.2, 0.25) is 0 Å². The quantitative estimate of drug-likeness (QED) is 0.873. The molecule has 1 aliphatic rings. The summed E-state index contributed by atoms with van der Waals surface area (Å²) in [6.07, 6.45) is -0.557. The molecule has 0 spiro atoms. The SMILES string of the molecule is Cc1ccc(C)c(S(=O)(=O)N2CCN(CC(O)c3ccccc3)CC2)c1. The fourth-order valence-electron chi connectivity index (χ4n) is 3.30. The summed E-state index contributed by atoms with van der Waals surface area (Å²) in [5.41, 5.74) is 2.61. The molecular formula is C20H26N2O3S. The first-order valence-corrected chi connectivity index (χ1v) is 10.3. The number of aryl methyl sites for hydroxylation is 2. The first-order valence-electron chi connectivity index (χ1n) is 8.91. The van der Waals surface area contributed by atoms with Crippen molar-refractivity contribution in [2.24, 2.45) is 0 Å². The molecule has 1 saturated heterocycles. The van der Waals surface area contributed by atoms with Gasteiger partial charge in [-0.1, -0.05) is 42.5 Å². The number of sulfonamides is 1. The van der Waals surface area contributed by atoms with Crippen molar-refractivity contribution < 1.29 is 13.5 Å². The van der Waals surface area contributed by atoms with Crippen molar-refractivity contribution in [3.63, 3.8) is 0 Å². The molecule has 3 rings (SSSR count).